The molecule has 3 N–H and O–H groups in total. The Morgan fingerprint density at radius 2 is 2.14 bits per heavy atom. The van der Waals surface area contributed by atoms with Gasteiger partial charge in [-0.05, 0) is 32.0 Å². The topological polar surface area (TPSA) is 38.0 Å². The smallest absolute Gasteiger partial charge is 0.0648 e. The first-order chi connectivity index (χ1) is 6.38. The standard InChI is InChI=1S/C10H14BrClN2/c1-10(2,13)6-14-9-4-3-7(11)5-8(9)12/h3-5,14H,6,13H2,1-2H3. The molecule has 1 aromatic carbocycles. The van der Waals surface area contributed by atoms with Crippen molar-refractivity contribution in [1.29, 1.82) is 0 Å². The van der Waals surface area contributed by atoms with E-state index in [4.69, 9.17) is 17.3 Å². The van der Waals surface area contributed by atoms with Crippen molar-refractivity contribution in [3.05, 3.63) is 27.7 Å². The summed E-state index contributed by atoms with van der Waals surface area (Å²) < 4.78 is 0.972. The molecule has 4 heteroatoms. The maximum absolute atomic E-state index is 6.03. The van der Waals surface area contributed by atoms with Gasteiger partial charge in [0.2, 0.25) is 0 Å². The van der Waals surface area contributed by atoms with E-state index in [1.165, 1.54) is 0 Å². The first-order valence-electron chi connectivity index (χ1n) is 4.36. The van der Waals surface area contributed by atoms with E-state index in [2.05, 4.69) is 21.2 Å². The number of hydrogen-bond donors (Lipinski definition) is 2. The van der Waals surface area contributed by atoms with Crippen LogP contribution in [0, 0.1) is 0 Å². The molecule has 0 radical (unpaired) electrons. The summed E-state index contributed by atoms with van der Waals surface area (Å²) in [6.45, 7) is 4.62. The van der Waals surface area contributed by atoms with Crippen LogP contribution in [-0.4, -0.2) is 12.1 Å². The van der Waals surface area contributed by atoms with Crippen LogP contribution in [0.2, 0.25) is 5.02 Å². The fourth-order valence-electron chi connectivity index (χ4n) is 0.956. The molecule has 0 saturated carbocycles. The molecule has 0 saturated heterocycles. The summed E-state index contributed by atoms with van der Waals surface area (Å²) >= 11 is 9.38. The van der Waals surface area contributed by atoms with Crippen molar-refractivity contribution in [1.82, 2.24) is 0 Å². The van der Waals surface area contributed by atoms with E-state index in [1.54, 1.807) is 0 Å². The first kappa shape index (κ1) is 11.8. The van der Waals surface area contributed by atoms with Gasteiger partial charge in [-0.15, -0.1) is 0 Å². The largest absolute Gasteiger partial charge is 0.382 e. The molecule has 0 aliphatic carbocycles. The highest BCUT2D eigenvalue weighted by Gasteiger charge is 2.10. The third-order valence-electron chi connectivity index (χ3n) is 1.67. The number of nitrogens with one attached hydrogen (secondary N) is 1. The van der Waals surface area contributed by atoms with Gasteiger partial charge in [0, 0.05) is 16.6 Å². The Morgan fingerprint density at radius 1 is 1.50 bits per heavy atom. The van der Waals surface area contributed by atoms with Gasteiger partial charge >= 0.3 is 0 Å². The molecule has 1 aromatic rings. The second kappa shape index (κ2) is 4.51. The van der Waals surface area contributed by atoms with Crippen molar-refractivity contribution >= 4 is 33.2 Å². The molecule has 14 heavy (non-hydrogen) atoms. The first-order valence-corrected chi connectivity index (χ1v) is 5.53. The van der Waals surface area contributed by atoms with Crippen LogP contribution in [0.15, 0.2) is 22.7 Å². The van der Waals surface area contributed by atoms with E-state index < -0.39 is 0 Å². The third-order valence-corrected chi connectivity index (χ3v) is 2.47. The van der Waals surface area contributed by atoms with Crippen molar-refractivity contribution in [2.24, 2.45) is 5.73 Å². The van der Waals surface area contributed by atoms with Crippen LogP contribution in [0.1, 0.15) is 13.8 Å². The van der Waals surface area contributed by atoms with Gasteiger partial charge in [0.25, 0.3) is 0 Å². The lowest BCUT2D eigenvalue weighted by atomic mass is 10.1. The van der Waals surface area contributed by atoms with Crippen molar-refractivity contribution in [3.8, 4) is 0 Å². The predicted octanol–water partition coefficient (Wildman–Crippen LogP) is 3.25. The monoisotopic (exact) mass is 276 g/mol. The lowest BCUT2D eigenvalue weighted by Gasteiger charge is -2.20. The number of halogens is 2. The molecule has 0 aliphatic rings. The van der Waals surface area contributed by atoms with Crippen molar-refractivity contribution < 1.29 is 0 Å². The van der Waals surface area contributed by atoms with E-state index in [1.807, 2.05) is 32.0 Å². The van der Waals surface area contributed by atoms with Gasteiger partial charge in [0.1, 0.15) is 0 Å². The van der Waals surface area contributed by atoms with Crippen LogP contribution >= 0.6 is 27.5 Å². The number of anilines is 1. The average Bonchev–Trinajstić information content (AvgIpc) is 2.00. The van der Waals surface area contributed by atoms with Crippen molar-refractivity contribution in [2.75, 3.05) is 11.9 Å². The zero-order chi connectivity index (χ0) is 10.8. The summed E-state index contributed by atoms with van der Waals surface area (Å²) in [5, 5.41) is 3.90. The van der Waals surface area contributed by atoms with E-state index in [0.29, 0.717) is 11.6 Å². The molecule has 0 aromatic heterocycles. The predicted molar refractivity (Wildman–Crippen MR) is 65.9 cm³/mol. The van der Waals surface area contributed by atoms with Crippen molar-refractivity contribution in [2.45, 2.75) is 19.4 Å². The zero-order valence-corrected chi connectivity index (χ0v) is 10.6. The molecule has 0 aliphatic heterocycles. The van der Waals surface area contributed by atoms with Crippen LogP contribution in [0.5, 0.6) is 0 Å². The minimum atomic E-state index is -0.240. The van der Waals surface area contributed by atoms with E-state index >= 15 is 0 Å². The molecule has 0 amide bonds. The fraction of sp³-hybridized carbons (Fsp3) is 0.400. The maximum Gasteiger partial charge on any atom is 0.0648 e. The van der Waals surface area contributed by atoms with E-state index in [0.717, 1.165) is 10.2 Å². The molecule has 0 unspecified atom stereocenters. The summed E-state index contributed by atoms with van der Waals surface area (Å²) in [5.74, 6) is 0. The van der Waals surface area contributed by atoms with Gasteiger partial charge in [0.05, 0.1) is 10.7 Å². The SMILES string of the molecule is CC(C)(N)CNc1ccc(Br)cc1Cl. The van der Waals surface area contributed by atoms with Gasteiger partial charge in [0.15, 0.2) is 0 Å². The molecular weight excluding hydrogens is 263 g/mol. The number of hydrogen-bond acceptors (Lipinski definition) is 2. The lowest BCUT2D eigenvalue weighted by molar-refractivity contribution is 0.549. The van der Waals surface area contributed by atoms with Crippen LogP contribution in [-0.2, 0) is 0 Å². The molecule has 0 spiro atoms. The molecular formula is C10H14BrClN2. The number of nitrogens with two attached hydrogens (primary N) is 1. The van der Waals surface area contributed by atoms with Gasteiger partial charge in [-0.2, -0.15) is 0 Å². The second-order valence-corrected chi connectivity index (χ2v) is 5.29. The molecule has 0 fully saturated rings. The molecule has 1 rings (SSSR count). The molecule has 0 atom stereocenters. The molecule has 2 nitrogen and oxygen atoms in total. The lowest BCUT2D eigenvalue weighted by Crippen LogP contribution is -2.39. The minimum absolute atomic E-state index is 0.240. The number of benzene rings is 1. The normalized spacial score (nSPS) is 11.5. The fourth-order valence-corrected chi connectivity index (χ4v) is 1.70. The Morgan fingerprint density at radius 3 is 2.64 bits per heavy atom. The quantitative estimate of drug-likeness (QED) is 0.890. The van der Waals surface area contributed by atoms with Crippen LogP contribution in [0.4, 0.5) is 5.69 Å². The average molecular weight is 278 g/mol. The Kier molecular flexibility index (Phi) is 3.81. The van der Waals surface area contributed by atoms with E-state index in [9.17, 15) is 0 Å². The highest BCUT2D eigenvalue weighted by molar-refractivity contribution is 9.10. The van der Waals surface area contributed by atoms with Gasteiger partial charge in [-0.1, -0.05) is 27.5 Å². The highest BCUT2D eigenvalue weighted by Crippen LogP contribution is 2.25. The summed E-state index contributed by atoms with van der Waals surface area (Å²) in [7, 11) is 0. The summed E-state index contributed by atoms with van der Waals surface area (Å²) in [6, 6.07) is 5.73. The molecule has 0 heterocycles. The van der Waals surface area contributed by atoms with Crippen LogP contribution in [0.25, 0.3) is 0 Å². The summed E-state index contributed by atoms with van der Waals surface area (Å²) in [6.07, 6.45) is 0. The summed E-state index contributed by atoms with van der Waals surface area (Å²) in [4.78, 5) is 0. The Hall–Kier alpha value is -0.250. The Balaban J connectivity index is 2.68. The minimum Gasteiger partial charge on any atom is -0.382 e. The highest BCUT2D eigenvalue weighted by atomic mass is 79.9. The Bertz CT molecular complexity index is 320. The zero-order valence-electron chi connectivity index (χ0n) is 8.27. The Labute approximate surface area is 98.0 Å². The van der Waals surface area contributed by atoms with Gasteiger partial charge in [-0.3, -0.25) is 0 Å². The number of rotatable bonds is 3. The third kappa shape index (κ3) is 3.86. The van der Waals surface area contributed by atoms with E-state index in [-0.39, 0.29) is 5.54 Å². The van der Waals surface area contributed by atoms with Gasteiger partial charge < -0.3 is 11.1 Å². The second-order valence-electron chi connectivity index (χ2n) is 3.97. The van der Waals surface area contributed by atoms with Gasteiger partial charge in [-0.25, -0.2) is 0 Å². The van der Waals surface area contributed by atoms with Crippen molar-refractivity contribution in [3.63, 3.8) is 0 Å². The molecule has 0 bridgehead atoms. The van der Waals surface area contributed by atoms with Crippen LogP contribution in [0.3, 0.4) is 0 Å². The maximum atomic E-state index is 6.03. The summed E-state index contributed by atoms with van der Waals surface area (Å²) in [5.41, 5.74) is 6.52. The van der Waals surface area contributed by atoms with Crippen LogP contribution < -0.4 is 11.1 Å². The molecule has 78 valence electrons.